The second-order valence-electron chi connectivity index (χ2n) is 23.7. The van der Waals surface area contributed by atoms with E-state index in [2.05, 4.69) is 78.1 Å². The van der Waals surface area contributed by atoms with Gasteiger partial charge in [0.05, 0.1) is 35.9 Å². The fourth-order valence-electron chi connectivity index (χ4n) is 10.3. The van der Waals surface area contributed by atoms with Gasteiger partial charge in [0.2, 0.25) is 0 Å². The van der Waals surface area contributed by atoms with E-state index in [1.165, 1.54) is 0 Å². The van der Waals surface area contributed by atoms with E-state index in [0.29, 0.717) is 50.0 Å². The number of nitrogens with two attached hydrogens (primary N) is 1. The zero-order chi connectivity index (χ0) is 55.2. The molecule has 10 rings (SSSR count). The summed E-state index contributed by atoms with van der Waals surface area (Å²) in [4.78, 5) is 56.2. The SMILES string of the molecule is CC1(C)CCc2c(C(=O)O)nn(COCC[Si](C)(C)C)c2C1.CN1CCN(CC(c2ccccc2)n2cc(N)cn2)C1=O.CN1CCN(CC(c2ccccc2)n2cc(NC(=O)c3n[nH]c4c3CCC(C)(C)C4)cn2)C1=O. The highest BCUT2D eigenvalue weighted by Gasteiger charge is 2.35. The Morgan fingerprint density at radius 2 is 1.31 bits per heavy atom. The van der Waals surface area contributed by atoms with Crippen LogP contribution in [0.5, 0.6) is 0 Å². The first-order valence-electron chi connectivity index (χ1n) is 26.8. The third kappa shape index (κ3) is 14.0. The number of H-pyrrole nitrogens is 1. The number of carboxylic acid groups (broad SMARTS) is 1. The number of carboxylic acids is 1. The highest BCUT2D eigenvalue weighted by atomic mass is 28.3. The number of likely N-dealkylation sites (N-methyl/N-ethyl adjacent to an activating group) is 2. The third-order valence-corrected chi connectivity index (χ3v) is 16.7. The van der Waals surface area contributed by atoms with Crippen molar-refractivity contribution < 1.29 is 29.0 Å². The molecule has 2 unspecified atom stereocenters. The van der Waals surface area contributed by atoms with E-state index >= 15 is 0 Å². The van der Waals surface area contributed by atoms with E-state index in [0.717, 1.165) is 97.9 Å². The number of nitrogens with one attached hydrogen (secondary N) is 2. The number of carbonyl (C=O) groups is 4. The molecule has 5 N–H and O–H groups in total. The number of benzene rings is 2. The first-order valence-corrected chi connectivity index (χ1v) is 30.5. The number of amides is 5. The lowest BCUT2D eigenvalue weighted by molar-refractivity contribution is 0.0667. The lowest BCUT2D eigenvalue weighted by atomic mass is 9.76. The van der Waals surface area contributed by atoms with Gasteiger partial charge in [-0.05, 0) is 66.5 Å². The van der Waals surface area contributed by atoms with E-state index in [1.807, 2.05) is 106 Å². The van der Waals surface area contributed by atoms with Gasteiger partial charge in [0, 0.05) is 103 Å². The molecule has 2 aliphatic heterocycles. The minimum absolute atomic E-state index is 0.0214. The van der Waals surface area contributed by atoms with E-state index in [1.54, 1.807) is 26.9 Å². The van der Waals surface area contributed by atoms with Crippen molar-refractivity contribution in [1.82, 2.24) is 59.1 Å². The first kappa shape index (κ1) is 56.0. The number of anilines is 2. The van der Waals surface area contributed by atoms with Crippen molar-refractivity contribution in [3.05, 3.63) is 130 Å². The molecule has 21 heteroatoms. The Kier molecular flexibility index (Phi) is 17.1. The van der Waals surface area contributed by atoms with Crippen LogP contribution in [-0.2, 0) is 37.2 Å². The van der Waals surface area contributed by atoms with Crippen molar-refractivity contribution in [2.45, 2.75) is 111 Å². The van der Waals surface area contributed by atoms with Gasteiger partial charge in [-0.3, -0.25) is 19.3 Å². The molecule has 0 spiro atoms. The van der Waals surface area contributed by atoms with Crippen LogP contribution in [0.25, 0.3) is 0 Å². The zero-order valence-corrected chi connectivity index (χ0v) is 47.3. The van der Waals surface area contributed by atoms with Crippen LogP contribution in [0.15, 0.2) is 85.5 Å². The average Bonchev–Trinajstić information content (AvgIpc) is 4.28. The Morgan fingerprint density at radius 1 is 0.766 bits per heavy atom. The molecule has 77 heavy (non-hydrogen) atoms. The maximum absolute atomic E-state index is 13.0. The summed E-state index contributed by atoms with van der Waals surface area (Å²) in [6, 6.07) is 21.1. The number of aromatic carboxylic acids is 1. The Hall–Kier alpha value is -7.26. The minimum atomic E-state index is -1.11. The van der Waals surface area contributed by atoms with Gasteiger partial charge in [0.15, 0.2) is 11.4 Å². The number of nitrogens with zero attached hydrogens (tertiary/aromatic N) is 11. The molecule has 0 radical (unpaired) electrons. The summed E-state index contributed by atoms with van der Waals surface area (Å²) in [5, 5.41) is 32.9. The van der Waals surface area contributed by atoms with E-state index in [9.17, 15) is 24.3 Å². The molecule has 20 nitrogen and oxygen atoms in total. The molecule has 2 aliphatic carbocycles. The minimum Gasteiger partial charge on any atom is -0.476 e. The molecule has 412 valence electrons. The number of hydrogen-bond acceptors (Lipinski definition) is 10. The molecule has 4 aliphatic rings. The average molecular weight is 1070 g/mol. The van der Waals surface area contributed by atoms with Crippen molar-refractivity contribution >= 4 is 43.4 Å². The predicted octanol–water partition coefficient (Wildman–Crippen LogP) is 8.16. The highest BCUT2D eigenvalue weighted by Crippen LogP contribution is 2.37. The summed E-state index contributed by atoms with van der Waals surface area (Å²) >= 11 is 0. The van der Waals surface area contributed by atoms with E-state index in [4.69, 9.17) is 10.5 Å². The number of fused-ring (bicyclic) bond motifs is 2. The fraction of sp³-hybridized carbons (Fsp3) is 0.500. The Morgan fingerprint density at radius 3 is 1.83 bits per heavy atom. The smallest absolute Gasteiger partial charge is 0.356 e. The Balaban J connectivity index is 0.000000160. The van der Waals surface area contributed by atoms with Gasteiger partial charge < -0.3 is 40.5 Å². The molecule has 2 saturated heterocycles. The van der Waals surface area contributed by atoms with Gasteiger partial charge in [-0.2, -0.15) is 20.4 Å². The molecule has 0 saturated carbocycles. The lowest BCUT2D eigenvalue weighted by Gasteiger charge is -2.30. The molecule has 4 aromatic heterocycles. The summed E-state index contributed by atoms with van der Waals surface area (Å²) in [7, 11) is 2.53. The lowest BCUT2D eigenvalue weighted by Crippen LogP contribution is -2.35. The number of nitrogen functional groups attached to an aromatic ring is 1. The van der Waals surface area contributed by atoms with Gasteiger partial charge in [-0.25, -0.2) is 19.1 Å². The van der Waals surface area contributed by atoms with Crippen LogP contribution in [0.2, 0.25) is 25.7 Å². The third-order valence-electron chi connectivity index (χ3n) is 15.0. The molecule has 6 aromatic rings. The van der Waals surface area contributed by atoms with Crippen LogP contribution in [0, 0.1) is 10.8 Å². The van der Waals surface area contributed by atoms with Crippen LogP contribution in [0.3, 0.4) is 0 Å². The number of hydrogen-bond donors (Lipinski definition) is 4. The second-order valence-corrected chi connectivity index (χ2v) is 29.3. The van der Waals surface area contributed by atoms with Gasteiger partial charge in [-0.1, -0.05) is 108 Å². The largest absolute Gasteiger partial charge is 0.476 e. The van der Waals surface area contributed by atoms with Crippen LogP contribution < -0.4 is 11.1 Å². The van der Waals surface area contributed by atoms with Gasteiger partial charge >= 0.3 is 18.0 Å². The maximum atomic E-state index is 13.0. The number of carbonyl (C=O) groups excluding carboxylic acids is 3. The number of aromatic nitrogens is 8. The second kappa shape index (κ2) is 23.5. The van der Waals surface area contributed by atoms with Crippen LogP contribution in [0.4, 0.5) is 21.0 Å². The zero-order valence-electron chi connectivity index (χ0n) is 46.3. The van der Waals surface area contributed by atoms with E-state index < -0.39 is 14.0 Å². The standard InChI is InChI=1S/C25H31N7O2.C16H28N2O3Si.C15H19N5O/c1-25(2)10-9-19-20(13-25)28-29-22(19)23(33)27-18-14-26-32(15-18)21(17-7-5-4-6-8-17)16-31-12-11-30(3)24(31)34;1-16(2)7-6-12-13(10-16)18(17-14(12)15(19)20)11-21-8-9-22(3,4)5;1-18-7-8-19(15(18)21)11-14(12-5-3-2-4-6-12)20-10-13(16)9-17-20/h4-8,14-15,21H,9-13,16H2,1-3H3,(H,27,33)(H,28,29);6-11H2,1-5H3,(H,19,20);2-6,9-10,14H,7-8,11,16H2,1H3. The van der Waals surface area contributed by atoms with Crippen molar-refractivity contribution in [2.24, 2.45) is 10.8 Å². The normalized spacial score (nSPS) is 17.5. The Bertz CT molecular complexity index is 2990. The summed E-state index contributed by atoms with van der Waals surface area (Å²) in [5.41, 5.74) is 14.3. The molecule has 2 aromatic carbocycles. The Labute approximate surface area is 452 Å². The number of ether oxygens (including phenoxy) is 1. The molecule has 0 bridgehead atoms. The summed E-state index contributed by atoms with van der Waals surface area (Å²) < 4.78 is 11.2. The van der Waals surface area contributed by atoms with Crippen molar-refractivity contribution in [3.63, 3.8) is 0 Å². The topological polar surface area (TPSA) is 231 Å². The molecule has 2 atom stereocenters. The van der Waals surface area contributed by atoms with Crippen molar-refractivity contribution in [1.29, 1.82) is 0 Å². The summed E-state index contributed by atoms with van der Waals surface area (Å²) in [6.07, 6.45) is 12.3. The monoisotopic (exact) mass is 1070 g/mol. The molecule has 2 fully saturated rings. The quantitative estimate of drug-likeness (QED) is 0.0534. The van der Waals surface area contributed by atoms with Crippen molar-refractivity contribution in [3.8, 4) is 0 Å². The highest BCUT2D eigenvalue weighted by molar-refractivity contribution is 6.76. The number of aromatic amines is 1. The predicted molar refractivity (Wildman–Crippen MR) is 299 cm³/mol. The summed E-state index contributed by atoms with van der Waals surface area (Å²) in [5.74, 6) is -1.17. The van der Waals surface area contributed by atoms with Gasteiger partial charge in [-0.15, -0.1) is 0 Å². The van der Waals surface area contributed by atoms with Crippen LogP contribution in [0.1, 0.15) is 107 Å². The molecule has 5 amide bonds. The molecular formula is C56H78N14O6Si. The fourth-order valence-corrected chi connectivity index (χ4v) is 11.1. The van der Waals surface area contributed by atoms with Crippen LogP contribution in [-0.4, -0.2) is 156 Å². The van der Waals surface area contributed by atoms with Gasteiger partial charge in [0.25, 0.3) is 5.91 Å². The van der Waals surface area contributed by atoms with Crippen molar-refractivity contribution in [2.75, 3.05) is 71.0 Å². The van der Waals surface area contributed by atoms with Gasteiger partial charge in [0.1, 0.15) is 6.73 Å². The maximum Gasteiger partial charge on any atom is 0.356 e. The first-order chi connectivity index (χ1) is 36.5. The number of urea groups is 2. The molecular weight excluding hydrogens is 993 g/mol. The van der Waals surface area contributed by atoms with Crippen LogP contribution >= 0.6 is 0 Å². The van der Waals surface area contributed by atoms with E-state index in [-0.39, 0.29) is 46.6 Å². The number of rotatable bonds is 16. The summed E-state index contributed by atoms with van der Waals surface area (Å²) in [6.45, 7) is 21.0. The molecule has 6 heterocycles.